The van der Waals surface area contributed by atoms with Gasteiger partial charge in [0.2, 0.25) is 0 Å². The molecule has 0 aliphatic heterocycles. The van der Waals surface area contributed by atoms with E-state index in [1.165, 1.54) is 12.4 Å². The van der Waals surface area contributed by atoms with Crippen LogP contribution in [0.5, 0.6) is 11.5 Å². The maximum atomic E-state index is 10.2. The van der Waals surface area contributed by atoms with Crippen LogP contribution in [0.4, 0.5) is 0 Å². The fourth-order valence-electron chi connectivity index (χ4n) is 1.66. The number of aliphatic hydroxyl groups is 1. The van der Waals surface area contributed by atoms with Crippen LogP contribution in [0.25, 0.3) is 0 Å². The van der Waals surface area contributed by atoms with Crippen molar-refractivity contribution in [3.63, 3.8) is 0 Å². The lowest BCUT2D eigenvalue weighted by molar-refractivity contribution is 0.209. The first-order valence-electron chi connectivity index (χ1n) is 5.42. The summed E-state index contributed by atoms with van der Waals surface area (Å²) in [6.45, 7) is 0. The quantitative estimate of drug-likeness (QED) is 0.887. The van der Waals surface area contributed by atoms with E-state index in [9.17, 15) is 5.11 Å². The number of benzene rings is 1. The van der Waals surface area contributed by atoms with E-state index in [-0.39, 0.29) is 0 Å². The fraction of sp³-hybridized carbons (Fsp3) is 0.231. The van der Waals surface area contributed by atoms with E-state index in [0.717, 1.165) is 0 Å². The monoisotopic (exact) mass is 246 g/mol. The molecule has 1 atom stereocenters. The molecule has 2 aromatic rings. The number of ether oxygens (including phenoxy) is 2. The van der Waals surface area contributed by atoms with Crippen LogP contribution < -0.4 is 9.47 Å². The van der Waals surface area contributed by atoms with Gasteiger partial charge >= 0.3 is 0 Å². The number of rotatable bonds is 4. The summed E-state index contributed by atoms with van der Waals surface area (Å²) in [4.78, 5) is 8.01. The van der Waals surface area contributed by atoms with Crippen molar-refractivity contribution >= 4 is 0 Å². The molecular weight excluding hydrogens is 232 g/mol. The predicted molar refractivity (Wildman–Crippen MR) is 65.6 cm³/mol. The molecule has 0 aliphatic carbocycles. The summed E-state index contributed by atoms with van der Waals surface area (Å²) < 4.78 is 10.3. The van der Waals surface area contributed by atoms with E-state index >= 15 is 0 Å². The normalized spacial score (nSPS) is 11.9. The second-order valence-corrected chi connectivity index (χ2v) is 3.64. The van der Waals surface area contributed by atoms with Gasteiger partial charge in [0.15, 0.2) is 0 Å². The zero-order valence-electron chi connectivity index (χ0n) is 10.2. The van der Waals surface area contributed by atoms with Crippen molar-refractivity contribution in [3.05, 3.63) is 48.0 Å². The second kappa shape index (κ2) is 5.46. The van der Waals surface area contributed by atoms with Gasteiger partial charge in [-0.05, 0) is 12.1 Å². The van der Waals surface area contributed by atoms with Gasteiger partial charge in [0.1, 0.15) is 17.6 Å². The SMILES string of the molecule is COc1ccc(C(O)c2cnccn2)c(OC)c1. The number of aromatic nitrogens is 2. The first kappa shape index (κ1) is 12.3. The molecule has 1 aromatic carbocycles. The van der Waals surface area contributed by atoms with Crippen LogP contribution in [0.15, 0.2) is 36.8 Å². The largest absolute Gasteiger partial charge is 0.497 e. The highest BCUT2D eigenvalue weighted by atomic mass is 16.5. The number of hydrogen-bond acceptors (Lipinski definition) is 5. The Morgan fingerprint density at radius 1 is 1.17 bits per heavy atom. The lowest BCUT2D eigenvalue weighted by Gasteiger charge is -2.14. The third-order valence-electron chi connectivity index (χ3n) is 2.60. The fourth-order valence-corrected chi connectivity index (χ4v) is 1.66. The van der Waals surface area contributed by atoms with Gasteiger partial charge in [-0.2, -0.15) is 0 Å². The molecule has 94 valence electrons. The van der Waals surface area contributed by atoms with Crippen molar-refractivity contribution in [2.75, 3.05) is 14.2 Å². The Hall–Kier alpha value is -2.14. The molecule has 1 N–H and O–H groups in total. The predicted octanol–water partition coefficient (Wildman–Crippen LogP) is 1.58. The van der Waals surface area contributed by atoms with Crippen molar-refractivity contribution in [2.45, 2.75) is 6.10 Å². The molecule has 0 amide bonds. The van der Waals surface area contributed by atoms with Crippen molar-refractivity contribution < 1.29 is 14.6 Å². The molecule has 1 aromatic heterocycles. The maximum absolute atomic E-state index is 10.2. The molecule has 1 heterocycles. The minimum atomic E-state index is -0.875. The molecule has 5 nitrogen and oxygen atoms in total. The van der Waals surface area contributed by atoms with Crippen LogP contribution in [0.3, 0.4) is 0 Å². The smallest absolute Gasteiger partial charge is 0.128 e. The van der Waals surface area contributed by atoms with Gasteiger partial charge in [-0.3, -0.25) is 9.97 Å². The van der Waals surface area contributed by atoms with Crippen molar-refractivity contribution in [1.29, 1.82) is 0 Å². The lowest BCUT2D eigenvalue weighted by atomic mass is 10.1. The van der Waals surface area contributed by atoms with E-state index in [1.807, 2.05) is 0 Å². The molecule has 0 saturated heterocycles. The highest BCUT2D eigenvalue weighted by molar-refractivity contribution is 5.43. The summed E-state index contributed by atoms with van der Waals surface area (Å²) >= 11 is 0. The number of hydrogen-bond donors (Lipinski definition) is 1. The number of methoxy groups -OCH3 is 2. The Bertz CT molecular complexity index is 517. The molecule has 0 radical (unpaired) electrons. The van der Waals surface area contributed by atoms with Crippen LogP contribution in [0, 0.1) is 0 Å². The minimum Gasteiger partial charge on any atom is -0.497 e. The zero-order chi connectivity index (χ0) is 13.0. The molecule has 1 unspecified atom stereocenters. The molecule has 18 heavy (non-hydrogen) atoms. The van der Waals surface area contributed by atoms with Gasteiger partial charge in [0, 0.05) is 24.0 Å². The number of aliphatic hydroxyl groups excluding tert-OH is 1. The van der Waals surface area contributed by atoms with Crippen molar-refractivity contribution in [1.82, 2.24) is 9.97 Å². The average Bonchev–Trinajstić information content (AvgIpc) is 2.46. The van der Waals surface area contributed by atoms with Crippen LogP contribution in [-0.2, 0) is 0 Å². The van der Waals surface area contributed by atoms with E-state index in [0.29, 0.717) is 22.8 Å². The summed E-state index contributed by atoms with van der Waals surface area (Å²) in [5.41, 5.74) is 1.10. The first-order chi connectivity index (χ1) is 8.76. The van der Waals surface area contributed by atoms with Gasteiger partial charge < -0.3 is 14.6 Å². The Balaban J connectivity index is 2.38. The summed E-state index contributed by atoms with van der Waals surface area (Å²) in [6, 6.07) is 5.23. The van der Waals surface area contributed by atoms with Crippen LogP contribution in [-0.4, -0.2) is 29.3 Å². The molecular formula is C13H14N2O3. The maximum Gasteiger partial charge on any atom is 0.128 e. The molecule has 2 rings (SSSR count). The Morgan fingerprint density at radius 3 is 2.61 bits per heavy atom. The molecule has 5 heteroatoms. The lowest BCUT2D eigenvalue weighted by Crippen LogP contribution is -2.05. The number of nitrogens with zero attached hydrogens (tertiary/aromatic N) is 2. The first-order valence-corrected chi connectivity index (χ1v) is 5.42. The summed E-state index contributed by atoms with van der Waals surface area (Å²) in [5, 5.41) is 10.2. The van der Waals surface area contributed by atoms with E-state index in [4.69, 9.17) is 9.47 Å². The highest BCUT2D eigenvalue weighted by Crippen LogP contribution is 2.31. The van der Waals surface area contributed by atoms with Crippen LogP contribution >= 0.6 is 0 Å². The van der Waals surface area contributed by atoms with E-state index in [2.05, 4.69) is 9.97 Å². The summed E-state index contributed by atoms with van der Waals surface area (Å²) in [7, 11) is 3.12. The standard InChI is InChI=1S/C13H14N2O3/c1-17-9-3-4-10(12(7-9)18-2)13(16)11-8-14-5-6-15-11/h3-8,13,16H,1-2H3. The Morgan fingerprint density at radius 2 is 2.00 bits per heavy atom. The Labute approximate surface area is 105 Å². The molecule has 0 spiro atoms. The van der Waals surface area contributed by atoms with Crippen molar-refractivity contribution in [2.24, 2.45) is 0 Å². The van der Waals surface area contributed by atoms with Gasteiger partial charge in [0.25, 0.3) is 0 Å². The summed E-state index contributed by atoms with van der Waals surface area (Å²) in [5.74, 6) is 1.22. The van der Waals surface area contributed by atoms with Gasteiger partial charge in [-0.1, -0.05) is 0 Å². The molecule has 0 fully saturated rings. The zero-order valence-corrected chi connectivity index (χ0v) is 10.2. The van der Waals surface area contributed by atoms with Crippen LogP contribution in [0.1, 0.15) is 17.4 Å². The highest BCUT2D eigenvalue weighted by Gasteiger charge is 2.17. The Kier molecular flexibility index (Phi) is 3.74. The van der Waals surface area contributed by atoms with Gasteiger partial charge in [-0.15, -0.1) is 0 Å². The minimum absolute atomic E-state index is 0.473. The average molecular weight is 246 g/mol. The van der Waals surface area contributed by atoms with Gasteiger partial charge in [-0.25, -0.2) is 0 Å². The summed E-state index contributed by atoms with van der Waals surface area (Å²) in [6.07, 6.45) is 3.74. The molecule has 0 saturated carbocycles. The third-order valence-corrected chi connectivity index (χ3v) is 2.60. The van der Waals surface area contributed by atoms with Crippen LogP contribution in [0.2, 0.25) is 0 Å². The van der Waals surface area contributed by atoms with Crippen molar-refractivity contribution in [3.8, 4) is 11.5 Å². The molecule has 0 aliphatic rings. The van der Waals surface area contributed by atoms with E-state index < -0.39 is 6.10 Å². The second-order valence-electron chi connectivity index (χ2n) is 3.64. The third kappa shape index (κ3) is 2.41. The topological polar surface area (TPSA) is 64.5 Å². The van der Waals surface area contributed by atoms with E-state index in [1.54, 1.807) is 38.6 Å². The van der Waals surface area contributed by atoms with Gasteiger partial charge in [0.05, 0.1) is 26.1 Å². The molecule has 0 bridgehead atoms.